The second-order valence-corrected chi connectivity index (χ2v) is 13.0. The standard InChI is InChI=1S/C40H38N8O16/c41-39(42)45-23-5-1-19(2-6-23)37(59)63-27-13-21(33(53)47-29(35(55)56)17-31(49)50)11-25(15-27)61-9-10-62-26-12-22(34(54)48-30(36(57)58)18-32(51)52)14-28(16-26)64-38(60)20-3-7-24(8-4-20)46-40(43)44/h1-8,11-16,29-30H,9-10,17-18H2,(H,47,53)(H,48,54)(H,49,50)(H,51,52)(H,55,56)(H,57,58)(H4,41,42,45)(H4,43,44,46)/t29-,30-/m0/s1. The van der Waals surface area contributed by atoms with Crippen molar-refractivity contribution in [1.82, 2.24) is 10.6 Å². The Kier molecular flexibility index (Phi) is 16.2. The van der Waals surface area contributed by atoms with Gasteiger partial charge in [0.05, 0.1) is 24.0 Å². The van der Waals surface area contributed by atoms with Crippen LogP contribution in [0.2, 0.25) is 0 Å². The van der Waals surface area contributed by atoms with Gasteiger partial charge in [0.2, 0.25) is 0 Å². The Labute approximate surface area is 360 Å². The topological polar surface area (TPSA) is 402 Å². The van der Waals surface area contributed by atoms with Crippen molar-refractivity contribution >= 4 is 70.9 Å². The average Bonchev–Trinajstić information content (AvgIpc) is 3.21. The van der Waals surface area contributed by atoms with Crippen LogP contribution in [0.1, 0.15) is 54.3 Å². The number of esters is 2. The summed E-state index contributed by atoms with van der Waals surface area (Å²) in [6.45, 7) is -0.711. The van der Waals surface area contributed by atoms with Gasteiger partial charge in [0, 0.05) is 34.6 Å². The summed E-state index contributed by atoms with van der Waals surface area (Å²) >= 11 is 0. The maximum absolute atomic E-state index is 13.2. The Morgan fingerprint density at radius 2 is 0.828 bits per heavy atom. The van der Waals surface area contributed by atoms with Crippen LogP contribution < -0.4 is 51.7 Å². The molecule has 0 aliphatic rings. The number of carbonyl (C=O) groups excluding carboxylic acids is 4. The van der Waals surface area contributed by atoms with Crippen molar-refractivity contribution in [2.75, 3.05) is 23.8 Å². The van der Waals surface area contributed by atoms with Gasteiger partial charge in [-0.3, -0.25) is 30.0 Å². The summed E-state index contributed by atoms with van der Waals surface area (Å²) in [5.41, 5.74) is 10.8. The molecule has 0 heterocycles. The minimum Gasteiger partial charge on any atom is -0.490 e. The van der Waals surface area contributed by atoms with Gasteiger partial charge in [-0.1, -0.05) is 0 Å². The zero-order valence-corrected chi connectivity index (χ0v) is 32.9. The highest BCUT2D eigenvalue weighted by Crippen LogP contribution is 2.27. The third-order valence-corrected chi connectivity index (χ3v) is 8.09. The lowest BCUT2D eigenvalue weighted by atomic mass is 10.1. The summed E-state index contributed by atoms with van der Waals surface area (Å²) in [6, 6.07) is 14.2. The zero-order valence-electron chi connectivity index (χ0n) is 32.9. The van der Waals surface area contributed by atoms with Gasteiger partial charge in [-0.05, 0) is 72.8 Å². The largest absolute Gasteiger partial charge is 0.490 e. The van der Waals surface area contributed by atoms with Crippen molar-refractivity contribution in [3.63, 3.8) is 0 Å². The van der Waals surface area contributed by atoms with E-state index in [-0.39, 0.29) is 70.4 Å². The van der Waals surface area contributed by atoms with E-state index in [0.29, 0.717) is 11.4 Å². The van der Waals surface area contributed by atoms with Crippen LogP contribution >= 0.6 is 0 Å². The van der Waals surface area contributed by atoms with E-state index >= 15 is 0 Å². The lowest BCUT2D eigenvalue weighted by molar-refractivity contribution is -0.145. The summed E-state index contributed by atoms with van der Waals surface area (Å²) in [7, 11) is 0. The van der Waals surface area contributed by atoms with E-state index in [1.54, 1.807) is 0 Å². The first-order valence-corrected chi connectivity index (χ1v) is 18.2. The molecule has 4 rings (SSSR count). The molecule has 4 aromatic rings. The van der Waals surface area contributed by atoms with Crippen molar-refractivity contribution in [3.8, 4) is 23.0 Å². The maximum atomic E-state index is 13.2. The number of ether oxygens (including phenoxy) is 4. The first kappa shape index (κ1) is 47.5. The van der Waals surface area contributed by atoms with Gasteiger partial charge in [0.25, 0.3) is 11.8 Å². The van der Waals surface area contributed by atoms with E-state index in [1.165, 1.54) is 60.7 Å². The minimum atomic E-state index is -1.85. The molecule has 0 radical (unpaired) electrons. The summed E-state index contributed by atoms with van der Waals surface area (Å²) in [5, 5.41) is 61.0. The molecule has 2 atom stereocenters. The highest BCUT2D eigenvalue weighted by atomic mass is 16.5. The van der Waals surface area contributed by atoms with Crippen molar-refractivity contribution in [1.29, 1.82) is 10.8 Å². The summed E-state index contributed by atoms with van der Waals surface area (Å²) < 4.78 is 22.4. The molecule has 0 fully saturated rings. The molecule has 0 aliphatic carbocycles. The Balaban J connectivity index is 1.58. The molecule has 24 heteroatoms. The molecule has 0 bridgehead atoms. The van der Waals surface area contributed by atoms with E-state index in [9.17, 15) is 48.6 Å². The molecular formula is C40H38N8O16. The van der Waals surface area contributed by atoms with Crippen LogP contribution in [0.25, 0.3) is 0 Å². The number of nitrogens with one attached hydrogen (secondary N) is 6. The lowest BCUT2D eigenvalue weighted by Crippen LogP contribution is -2.42. The molecule has 0 spiro atoms. The van der Waals surface area contributed by atoms with Gasteiger partial charge in [-0.2, -0.15) is 0 Å². The minimum absolute atomic E-state index is 0.0217. The van der Waals surface area contributed by atoms with Gasteiger partial charge in [-0.25, -0.2) is 19.2 Å². The van der Waals surface area contributed by atoms with E-state index in [0.717, 1.165) is 24.3 Å². The Hall–Kier alpha value is -9.22. The molecule has 14 N–H and O–H groups in total. The quantitative estimate of drug-likeness (QED) is 0.0185. The van der Waals surface area contributed by atoms with Crippen LogP contribution in [0.5, 0.6) is 23.0 Å². The third kappa shape index (κ3) is 14.8. The molecule has 64 heavy (non-hydrogen) atoms. The SMILES string of the molecule is N=C(N)Nc1ccc(C(=O)Oc2cc(OCCOc3cc(OC(=O)c4ccc(NC(=N)N)cc4)cc(C(=O)N[C@@H](CC(=O)O)C(=O)O)c3)cc(C(=O)N[C@@H](CC(=O)O)C(=O)O)c2)cc1. The Morgan fingerprint density at radius 1 is 0.500 bits per heavy atom. The van der Waals surface area contributed by atoms with E-state index < -0.39 is 72.6 Å². The molecular weight excluding hydrogens is 848 g/mol. The monoisotopic (exact) mass is 886 g/mol. The number of hydrogen-bond donors (Lipinski definition) is 12. The fourth-order valence-corrected chi connectivity index (χ4v) is 5.26. The molecule has 0 saturated heterocycles. The number of anilines is 2. The second-order valence-electron chi connectivity index (χ2n) is 13.0. The number of carbonyl (C=O) groups is 8. The first-order chi connectivity index (χ1) is 30.3. The molecule has 0 saturated carbocycles. The number of carboxylic acids is 4. The van der Waals surface area contributed by atoms with Crippen LogP contribution in [0.3, 0.4) is 0 Å². The number of rotatable bonds is 21. The Bertz CT molecular complexity index is 2310. The summed E-state index contributed by atoms with van der Waals surface area (Å²) in [4.78, 5) is 98.2. The second kappa shape index (κ2) is 21.9. The molecule has 0 aromatic heterocycles. The smallest absolute Gasteiger partial charge is 0.343 e. The van der Waals surface area contributed by atoms with Crippen LogP contribution in [0.4, 0.5) is 11.4 Å². The van der Waals surface area contributed by atoms with Crippen molar-refractivity contribution in [2.45, 2.75) is 24.9 Å². The lowest BCUT2D eigenvalue weighted by Gasteiger charge is -2.16. The fraction of sp³-hybridized carbons (Fsp3) is 0.150. The molecule has 2 amide bonds. The first-order valence-electron chi connectivity index (χ1n) is 18.2. The number of benzene rings is 4. The van der Waals surface area contributed by atoms with Crippen molar-refractivity contribution in [3.05, 3.63) is 107 Å². The molecule has 0 unspecified atom stereocenters. The Morgan fingerprint density at radius 3 is 1.12 bits per heavy atom. The summed E-state index contributed by atoms with van der Waals surface area (Å²) in [6.07, 6.45) is -1.94. The highest BCUT2D eigenvalue weighted by molar-refractivity contribution is 6.00. The van der Waals surface area contributed by atoms with E-state index in [4.69, 9.17) is 51.4 Å². The van der Waals surface area contributed by atoms with Gasteiger partial charge in [-0.15, -0.1) is 0 Å². The zero-order chi connectivity index (χ0) is 47.1. The van der Waals surface area contributed by atoms with Gasteiger partial charge < -0.3 is 72.1 Å². The fourth-order valence-electron chi connectivity index (χ4n) is 5.26. The maximum Gasteiger partial charge on any atom is 0.343 e. The van der Waals surface area contributed by atoms with Crippen LogP contribution in [0, 0.1) is 10.8 Å². The van der Waals surface area contributed by atoms with Crippen LogP contribution in [0.15, 0.2) is 84.9 Å². The molecule has 334 valence electrons. The van der Waals surface area contributed by atoms with Crippen LogP contribution in [-0.2, 0) is 19.2 Å². The van der Waals surface area contributed by atoms with E-state index in [2.05, 4.69) is 21.3 Å². The number of amides is 2. The molecule has 24 nitrogen and oxygen atoms in total. The van der Waals surface area contributed by atoms with Gasteiger partial charge >= 0.3 is 35.8 Å². The van der Waals surface area contributed by atoms with Crippen LogP contribution in [-0.4, -0.2) is 105 Å². The van der Waals surface area contributed by atoms with Gasteiger partial charge in [0.15, 0.2) is 11.9 Å². The predicted octanol–water partition coefficient (Wildman–Crippen LogP) is 1.51. The van der Waals surface area contributed by atoms with Crippen molar-refractivity contribution < 1.29 is 77.7 Å². The number of carboxylic acid groups (broad SMARTS) is 4. The van der Waals surface area contributed by atoms with E-state index in [1.807, 2.05) is 0 Å². The summed E-state index contributed by atoms with van der Waals surface area (Å²) in [5.74, 6) is -11.9. The van der Waals surface area contributed by atoms with Crippen molar-refractivity contribution in [2.24, 2.45) is 11.5 Å². The molecule has 4 aromatic carbocycles. The number of aliphatic carboxylic acids is 4. The third-order valence-electron chi connectivity index (χ3n) is 8.09. The van der Waals surface area contributed by atoms with Gasteiger partial charge in [0.1, 0.15) is 48.3 Å². The number of guanidine groups is 2. The number of nitrogens with two attached hydrogens (primary N) is 2. The highest BCUT2D eigenvalue weighted by Gasteiger charge is 2.26. The average molecular weight is 887 g/mol. The number of hydrogen-bond acceptors (Lipinski definition) is 14. The molecule has 0 aliphatic heterocycles. The predicted molar refractivity (Wildman–Crippen MR) is 220 cm³/mol. The normalized spacial score (nSPS) is 11.3.